The van der Waals surface area contributed by atoms with Crippen LogP contribution in [0.2, 0.25) is 0 Å². The average Bonchev–Trinajstić information content (AvgIpc) is 2.87. The van der Waals surface area contributed by atoms with Crippen molar-refractivity contribution < 1.29 is 9.59 Å². The highest BCUT2D eigenvalue weighted by Gasteiger charge is 2.08. The first kappa shape index (κ1) is 16.4. The fourth-order valence-corrected chi connectivity index (χ4v) is 3.42. The zero-order valence-corrected chi connectivity index (χ0v) is 15.0. The zero-order chi connectivity index (χ0) is 17.1. The minimum atomic E-state index is -0.334. The van der Waals surface area contributed by atoms with Gasteiger partial charge in [-0.3, -0.25) is 4.79 Å². The van der Waals surface area contributed by atoms with E-state index in [2.05, 4.69) is 36.9 Å². The van der Waals surface area contributed by atoms with Crippen molar-refractivity contribution >= 4 is 65.9 Å². The Hall–Kier alpha value is -2.45. The second kappa shape index (κ2) is 6.98. The molecule has 0 aliphatic rings. The number of rotatable bonds is 3. The Labute approximate surface area is 150 Å². The fourth-order valence-electron chi connectivity index (χ4n) is 2.07. The van der Waals surface area contributed by atoms with Crippen LogP contribution in [-0.2, 0) is 4.79 Å². The quantitative estimate of drug-likeness (QED) is 0.593. The number of nitrogens with zero attached hydrogens (tertiary/aromatic N) is 1. The molecule has 0 aliphatic heterocycles. The topological polar surface area (TPSA) is 83.1 Å². The number of hydrogen-bond donors (Lipinski definition) is 3. The van der Waals surface area contributed by atoms with Crippen molar-refractivity contribution in [2.45, 2.75) is 6.92 Å². The van der Waals surface area contributed by atoms with E-state index in [9.17, 15) is 9.59 Å². The van der Waals surface area contributed by atoms with Crippen LogP contribution in [0.3, 0.4) is 0 Å². The van der Waals surface area contributed by atoms with Gasteiger partial charge < -0.3 is 16.0 Å². The van der Waals surface area contributed by atoms with E-state index in [-0.39, 0.29) is 11.9 Å². The van der Waals surface area contributed by atoms with E-state index in [0.717, 1.165) is 14.7 Å². The Morgan fingerprint density at radius 3 is 2.50 bits per heavy atom. The van der Waals surface area contributed by atoms with E-state index < -0.39 is 0 Å². The highest BCUT2D eigenvalue weighted by Crippen LogP contribution is 2.28. The molecule has 3 aromatic rings. The van der Waals surface area contributed by atoms with Gasteiger partial charge >= 0.3 is 6.03 Å². The number of urea groups is 1. The predicted molar refractivity (Wildman–Crippen MR) is 101 cm³/mol. The van der Waals surface area contributed by atoms with Gasteiger partial charge in [0, 0.05) is 22.8 Å². The van der Waals surface area contributed by atoms with E-state index in [4.69, 9.17) is 0 Å². The summed E-state index contributed by atoms with van der Waals surface area (Å²) < 4.78 is 1.76. The number of nitrogens with one attached hydrogen (secondary N) is 3. The number of carbonyl (C=O) groups excluding carboxylic acids is 2. The van der Waals surface area contributed by atoms with Gasteiger partial charge in [-0.05, 0) is 36.4 Å². The van der Waals surface area contributed by atoms with Gasteiger partial charge in [0.25, 0.3) is 0 Å². The van der Waals surface area contributed by atoms with Crippen LogP contribution in [0, 0.1) is 0 Å². The summed E-state index contributed by atoms with van der Waals surface area (Å²) in [7, 11) is 0. The molecule has 1 aromatic heterocycles. The zero-order valence-electron chi connectivity index (χ0n) is 12.6. The molecular weight excluding hydrogens is 392 g/mol. The number of amides is 3. The lowest BCUT2D eigenvalue weighted by atomic mass is 10.3. The second-order valence-electron chi connectivity index (χ2n) is 4.97. The summed E-state index contributed by atoms with van der Waals surface area (Å²) in [5, 5.41) is 8.73. The van der Waals surface area contributed by atoms with Crippen molar-refractivity contribution in [2.24, 2.45) is 0 Å². The Bertz CT molecular complexity index is 925. The van der Waals surface area contributed by atoms with Crippen molar-refractivity contribution in [3.8, 4) is 0 Å². The number of carbonyl (C=O) groups is 2. The Kier molecular flexibility index (Phi) is 4.77. The molecule has 1 heterocycles. The SMILES string of the molecule is CC(=O)Nc1nc2ccc(NC(=O)Nc3cccc(Br)c3)cc2s1. The first-order valence-corrected chi connectivity index (χ1v) is 8.62. The molecule has 2 aromatic carbocycles. The van der Waals surface area contributed by atoms with Gasteiger partial charge in [0.15, 0.2) is 5.13 Å². The second-order valence-corrected chi connectivity index (χ2v) is 6.92. The molecule has 24 heavy (non-hydrogen) atoms. The minimum Gasteiger partial charge on any atom is -0.308 e. The summed E-state index contributed by atoms with van der Waals surface area (Å²) in [6, 6.07) is 12.4. The number of thiazole rings is 1. The van der Waals surface area contributed by atoms with Crippen molar-refractivity contribution in [3.05, 3.63) is 46.9 Å². The first-order chi connectivity index (χ1) is 11.5. The summed E-state index contributed by atoms with van der Waals surface area (Å²) in [5.41, 5.74) is 2.10. The molecule has 3 amide bonds. The Morgan fingerprint density at radius 1 is 1.04 bits per heavy atom. The summed E-state index contributed by atoms with van der Waals surface area (Å²) in [6.07, 6.45) is 0. The van der Waals surface area contributed by atoms with Crippen LogP contribution in [-0.4, -0.2) is 16.9 Å². The molecule has 0 atom stereocenters. The monoisotopic (exact) mass is 404 g/mol. The molecule has 0 saturated heterocycles. The van der Waals surface area contributed by atoms with E-state index in [0.29, 0.717) is 16.5 Å². The third-order valence-electron chi connectivity index (χ3n) is 3.01. The van der Waals surface area contributed by atoms with Crippen molar-refractivity contribution in [1.29, 1.82) is 0 Å². The normalized spacial score (nSPS) is 10.4. The molecule has 0 unspecified atom stereocenters. The molecule has 6 nitrogen and oxygen atoms in total. The number of fused-ring (bicyclic) bond motifs is 1. The summed E-state index contributed by atoms with van der Waals surface area (Å²) in [5.74, 6) is -0.166. The molecular formula is C16H13BrN4O2S. The maximum Gasteiger partial charge on any atom is 0.323 e. The molecule has 0 bridgehead atoms. The van der Waals surface area contributed by atoms with Crippen LogP contribution in [0.4, 0.5) is 21.3 Å². The lowest BCUT2D eigenvalue weighted by Crippen LogP contribution is -2.19. The average molecular weight is 405 g/mol. The van der Waals surface area contributed by atoms with Crippen LogP contribution in [0.25, 0.3) is 10.2 Å². The summed E-state index contributed by atoms with van der Waals surface area (Å²) >= 11 is 4.71. The first-order valence-electron chi connectivity index (χ1n) is 7.01. The fraction of sp³-hybridized carbons (Fsp3) is 0.0625. The number of aromatic nitrogens is 1. The Morgan fingerprint density at radius 2 is 1.79 bits per heavy atom. The van der Waals surface area contributed by atoms with E-state index in [1.807, 2.05) is 24.3 Å². The molecule has 3 N–H and O–H groups in total. The largest absolute Gasteiger partial charge is 0.323 e. The molecule has 0 saturated carbocycles. The number of halogens is 1. The van der Waals surface area contributed by atoms with E-state index >= 15 is 0 Å². The molecule has 0 radical (unpaired) electrons. The highest BCUT2D eigenvalue weighted by molar-refractivity contribution is 9.10. The third-order valence-corrected chi connectivity index (χ3v) is 4.44. The maximum atomic E-state index is 12.1. The van der Waals surface area contributed by atoms with E-state index in [1.165, 1.54) is 18.3 Å². The van der Waals surface area contributed by atoms with Crippen LogP contribution in [0.1, 0.15) is 6.92 Å². The minimum absolute atomic E-state index is 0.166. The number of anilines is 3. The van der Waals surface area contributed by atoms with Crippen molar-refractivity contribution in [1.82, 2.24) is 4.98 Å². The van der Waals surface area contributed by atoms with Crippen LogP contribution < -0.4 is 16.0 Å². The van der Waals surface area contributed by atoms with Gasteiger partial charge in [-0.1, -0.05) is 33.3 Å². The van der Waals surface area contributed by atoms with Gasteiger partial charge in [-0.15, -0.1) is 0 Å². The van der Waals surface area contributed by atoms with E-state index in [1.54, 1.807) is 18.2 Å². The molecule has 8 heteroatoms. The summed E-state index contributed by atoms with van der Waals surface area (Å²) in [6.45, 7) is 1.44. The van der Waals surface area contributed by atoms with Crippen LogP contribution in [0.15, 0.2) is 46.9 Å². The van der Waals surface area contributed by atoms with Gasteiger partial charge in [0.05, 0.1) is 10.2 Å². The summed E-state index contributed by atoms with van der Waals surface area (Å²) in [4.78, 5) is 27.5. The molecule has 0 spiro atoms. The lowest BCUT2D eigenvalue weighted by molar-refractivity contribution is -0.114. The molecule has 0 fully saturated rings. The van der Waals surface area contributed by atoms with Gasteiger partial charge in [0.2, 0.25) is 5.91 Å². The number of hydrogen-bond acceptors (Lipinski definition) is 4. The maximum absolute atomic E-state index is 12.1. The third kappa shape index (κ3) is 4.09. The van der Waals surface area contributed by atoms with Crippen molar-refractivity contribution in [3.63, 3.8) is 0 Å². The smallest absolute Gasteiger partial charge is 0.308 e. The highest BCUT2D eigenvalue weighted by atomic mass is 79.9. The standard InChI is InChI=1S/C16H13BrN4O2S/c1-9(22)18-16-21-13-6-5-12(8-14(13)24-16)20-15(23)19-11-4-2-3-10(17)7-11/h2-8H,1H3,(H,18,21,22)(H2,19,20,23). The van der Waals surface area contributed by atoms with Gasteiger partial charge in [-0.2, -0.15) is 0 Å². The Balaban J connectivity index is 1.72. The van der Waals surface area contributed by atoms with Crippen molar-refractivity contribution in [2.75, 3.05) is 16.0 Å². The predicted octanol–water partition coefficient (Wildman–Crippen LogP) is 4.66. The molecule has 3 rings (SSSR count). The number of benzene rings is 2. The van der Waals surface area contributed by atoms with Crippen LogP contribution in [0.5, 0.6) is 0 Å². The van der Waals surface area contributed by atoms with Gasteiger partial charge in [0.1, 0.15) is 0 Å². The molecule has 0 aliphatic carbocycles. The van der Waals surface area contributed by atoms with Gasteiger partial charge in [-0.25, -0.2) is 9.78 Å². The lowest BCUT2D eigenvalue weighted by Gasteiger charge is -2.07. The molecule has 122 valence electrons. The van der Waals surface area contributed by atoms with Crippen LogP contribution >= 0.6 is 27.3 Å².